The fraction of sp³-hybridized carbons (Fsp3) is 0.735. The summed E-state index contributed by atoms with van der Waals surface area (Å²) >= 11 is 0. The van der Waals surface area contributed by atoms with Gasteiger partial charge in [-0.25, -0.2) is 4.57 Å². The number of carbonyl (C=O) groups is 1. The van der Waals surface area contributed by atoms with E-state index >= 15 is 0 Å². The first kappa shape index (κ1) is 55.9. The summed E-state index contributed by atoms with van der Waals surface area (Å²) in [4.78, 5) is 22.8. The Morgan fingerprint density at radius 3 is 1.53 bits per heavy atom. The Hall–Kier alpha value is -2.06. The highest BCUT2D eigenvalue weighted by Crippen LogP contribution is 2.43. The summed E-state index contributed by atoms with van der Waals surface area (Å²) in [6.45, 7) is 3.99. The van der Waals surface area contributed by atoms with Crippen molar-refractivity contribution in [2.45, 2.75) is 212 Å². The van der Waals surface area contributed by atoms with Gasteiger partial charge in [-0.15, -0.1) is 0 Å². The lowest BCUT2D eigenvalue weighted by Crippen LogP contribution is -2.45. The molecule has 0 aromatic rings. The first-order valence-electron chi connectivity index (χ1n) is 23.6. The van der Waals surface area contributed by atoms with Crippen molar-refractivity contribution in [2.75, 3.05) is 19.8 Å². The molecule has 0 aromatic carbocycles. The van der Waals surface area contributed by atoms with E-state index in [1.165, 1.54) is 103 Å². The first-order chi connectivity index (χ1) is 28.4. The summed E-state index contributed by atoms with van der Waals surface area (Å²) in [6.07, 6.45) is 58.2. The molecule has 0 spiro atoms. The number of amides is 1. The van der Waals surface area contributed by atoms with Crippen LogP contribution in [0.1, 0.15) is 200 Å². The number of aliphatic hydroxyl groups is 1. The van der Waals surface area contributed by atoms with Crippen molar-refractivity contribution in [1.29, 1.82) is 0 Å². The summed E-state index contributed by atoms with van der Waals surface area (Å²) in [7, 11) is -4.36. The number of nitrogens with two attached hydrogens (primary N) is 1. The monoisotopic (exact) mass is 833 g/mol. The smallest absolute Gasteiger partial charge is 0.387 e. The molecular weight excluding hydrogens is 744 g/mol. The van der Waals surface area contributed by atoms with Crippen LogP contribution in [0.2, 0.25) is 0 Å². The number of unbranched alkanes of at least 4 members (excludes halogenated alkanes) is 21. The summed E-state index contributed by atoms with van der Waals surface area (Å²) in [6, 6.07) is -0.889. The molecule has 8 nitrogen and oxygen atoms in total. The highest BCUT2D eigenvalue weighted by atomic mass is 31.2. The molecule has 9 heteroatoms. The van der Waals surface area contributed by atoms with Crippen LogP contribution in [0, 0.1) is 0 Å². The number of phosphoric acid groups is 1. The van der Waals surface area contributed by atoms with Crippen molar-refractivity contribution in [3.05, 3.63) is 72.9 Å². The maximum absolute atomic E-state index is 12.8. The molecule has 0 heterocycles. The number of hydrogen-bond donors (Lipinski definition) is 4. The second-order valence-corrected chi connectivity index (χ2v) is 17.0. The zero-order valence-corrected chi connectivity index (χ0v) is 38.2. The molecule has 0 rings (SSSR count). The van der Waals surface area contributed by atoms with Gasteiger partial charge in [-0.05, 0) is 70.6 Å². The number of carbonyl (C=O) groups excluding carboxylic acids is 1. The summed E-state index contributed by atoms with van der Waals surface area (Å²) in [5.41, 5.74) is 5.38. The number of allylic oxidation sites excluding steroid dienone is 11. The Morgan fingerprint density at radius 2 is 1.02 bits per heavy atom. The molecule has 1 amide bonds. The van der Waals surface area contributed by atoms with Crippen LogP contribution in [0.5, 0.6) is 0 Å². The molecule has 58 heavy (non-hydrogen) atoms. The summed E-state index contributed by atoms with van der Waals surface area (Å²) in [5, 5.41) is 13.7. The number of phosphoric ester groups is 1. The Morgan fingerprint density at radius 1 is 0.586 bits per heavy atom. The molecule has 3 unspecified atom stereocenters. The second kappa shape index (κ2) is 44.5. The molecule has 0 bridgehead atoms. The van der Waals surface area contributed by atoms with E-state index in [0.29, 0.717) is 6.42 Å². The highest BCUT2D eigenvalue weighted by Gasteiger charge is 2.26. The van der Waals surface area contributed by atoms with E-state index in [2.05, 4.69) is 79.9 Å². The van der Waals surface area contributed by atoms with E-state index in [9.17, 15) is 19.4 Å². The van der Waals surface area contributed by atoms with Gasteiger partial charge in [0, 0.05) is 13.0 Å². The molecular formula is C49H89N2O6P. The Balaban J connectivity index is 4.25. The molecule has 0 aliphatic rings. The van der Waals surface area contributed by atoms with Crippen LogP contribution in [-0.4, -0.2) is 47.8 Å². The summed E-state index contributed by atoms with van der Waals surface area (Å²) in [5.74, 6) is -0.220. The molecule has 0 aromatic heterocycles. The maximum atomic E-state index is 12.8. The lowest BCUT2D eigenvalue weighted by Gasteiger charge is -2.23. The van der Waals surface area contributed by atoms with Crippen LogP contribution < -0.4 is 11.1 Å². The van der Waals surface area contributed by atoms with Crippen LogP contribution in [0.3, 0.4) is 0 Å². The van der Waals surface area contributed by atoms with Crippen molar-refractivity contribution >= 4 is 13.7 Å². The van der Waals surface area contributed by atoms with Crippen LogP contribution in [-0.2, 0) is 18.4 Å². The minimum Gasteiger partial charge on any atom is -0.387 e. The van der Waals surface area contributed by atoms with Crippen molar-refractivity contribution in [2.24, 2.45) is 5.73 Å². The van der Waals surface area contributed by atoms with Gasteiger partial charge < -0.3 is 21.1 Å². The van der Waals surface area contributed by atoms with Gasteiger partial charge in [0.15, 0.2) is 0 Å². The predicted molar refractivity (Wildman–Crippen MR) is 249 cm³/mol. The van der Waals surface area contributed by atoms with Crippen LogP contribution in [0.4, 0.5) is 0 Å². The average Bonchev–Trinajstić information content (AvgIpc) is 3.21. The third-order valence-corrected chi connectivity index (χ3v) is 11.0. The van der Waals surface area contributed by atoms with E-state index in [1.54, 1.807) is 6.08 Å². The molecule has 336 valence electrons. The van der Waals surface area contributed by atoms with Crippen LogP contribution >= 0.6 is 7.82 Å². The summed E-state index contributed by atoms with van der Waals surface area (Å²) < 4.78 is 22.2. The highest BCUT2D eigenvalue weighted by molar-refractivity contribution is 7.47. The molecule has 0 fully saturated rings. The lowest BCUT2D eigenvalue weighted by atomic mass is 10.0. The van der Waals surface area contributed by atoms with Gasteiger partial charge >= 0.3 is 7.82 Å². The Labute approximate surface area is 357 Å². The van der Waals surface area contributed by atoms with Crippen molar-refractivity contribution < 1.29 is 28.4 Å². The topological polar surface area (TPSA) is 131 Å². The molecule has 3 atom stereocenters. The predicted octanol–water partition coefficient (Wildman–Crippen LogP) is 13.6. The van der Waals surface area contributed by atoms with E-state index in [1.807, 2.05) is 6.08 Å². The number of hydrogen-bond acceptors (Lipinski definition) is 6. The van der Waals surface area contributed by atoms with Crippen LogP contribution in [0.25, 0.3) is 0 Å². The standard InChI is InChI=1S/C49H89N2O6P/c1-3-5-7-9-11-13-15-17-19-21-23-25-26-28-30-32-34-36-38-40-42-48(52)47(46-57-58(54,55)56-45-44-50)51-49(53)43-41-39-37-35-33-31-29-27-24-22-20-18-16-14-12-10-8-6-4-2/h6,8,12,14,18,20,24,27,32,34,40,42,47-48,52H,3-5,7,9-11,13,15-17,19,21-23,25-26,28-31,33,35-39,41,43-46,50H2,1-2H3,(H,51,53)(H,54,55)/b8-6-,14-12-,20-18-,27-24-,34-32+,42-40+. The van der Waals surface area contributed by atoms with Crippen molar-refractivity contribution in [3.8, 4) is 0 Å². The quantitative estimate of drug-likeness (QED) is 0.0273. The zero-order valence-electron chi connectivity index (χ0n) is 37.3. The van der Waals surface area contributed by atoms with Gasteiger partial charge in [0.2, 0.25) is 5.91 Å². The van der Waals surface area contributed by atoms with Gasteiger partial charge in [-0.2, -0.15) is 0 Å². The number of aliphatic hydroxyl groups excluding tert-OH is 1. The minimum absolute atomic E-state index is 0.0681. The maximum Gasteiger partial charge on any atom is 0.472 e. The number of rotatable bonds is 43. The first-order valence-corrected chi connectivity index (χ1v) is 25.1. The second-order valence-electron chi connectivity index (χ2n) is 15.6. The Bertz CT molecular complexity index is 1130. The van der Waals surface area contributed by atoms with Crippen LogP contribution in [0.15, 0.2) is 72.9 Å². The lowest BCUT2D eigenvalue weighted by molar-refractivity contribution is -0.123. The fourth-order valence-corrected chi connectivity index (χ4v) is 7.25. The number of nitrogens with one attached hydrogen (secondary N) is 1. The molecule has 0 saturated heterocycles. The molecule has 0 radical (unpaired) electrons. The average molecular weight is 833 g/mol. The fourth-order valence-electron chi connectivity index (χ4n) is 6.49. The van der Waals surface area contributed by atoms with Gasteiger partial charge in [0.25, 0.3) is 0 Å². The van der Waals surface area contributed by atoms with E-state index in [4.69, 9.17) is 14.8 Å². The van der Waals surface area contributed by atoms with Gasteiger partial charge in [-0.3, -0.25) is 13.8 Å². The van der Waals surface area contributed by atoms with E-state index in [-0.39, 0.29) is 25.7 Å². The molecule has 0 aliphatic carbocycles. The largest absolute Gasteiger partial charge is 0.472 e. The molecule has 0 saturated carbocycles. The SMILES string of the molecule is CC/C=C\C/C=C\C/C=C\C/C=C\CCCCCCCCC(=O)NC(COP(=O)(O)OCCN)C(O)/C=C/CC/C=C/CCCCCCCCCCCCCCCC. The molecule has 0 aliphatic heterocycles. The van der Waals surface area contributed by atoms with Gasteiger partial charge in [0.05, 0.1) is 25.4 Å². The molecule has 5 N–H and O–H groups in total. The van der Waals surface area contributed by atoms with Gasteiger partial charge in [0.1, 0.15) is 0 Å². The van der Waals surface area contributed by atoms with E-state index < -0.39 is 20.0 Å². The zero-order chi connectivity index (χ0) is 42.5. The van der Waals surface area contributed by atoms with Gasteiger partial charge in [-0.1, -0.05) is 196 Å². The van der Waals surface area contributed by atoms with Crippen molar-refractivity contribution in [1.82, 2.24) is 5.32 Å². The normalized spacial score (nSPS) is 14.6. The third-order valence-electron chi connectivity index (χ3n) is 10.0. The van der Waals surface area contributed by atoms with E-state index in [0.717, 1.165) is 77.0 Å². The minimum atomic E-state index is -4.36. The Kier molecular flexibility index (Phi) is 42.9. The van der Waals surface area contributed by atoms with Crippen molar-refractivity contribution in [3.63, 3.8) is 0 Å². The third kappa shape index (κ3) is 42.1.